The van der Waals surface area contributed by atoms with Gasteiger partial charge in [-0.05, 0) is 44.9 Å². The molecular weight excluding hydrogens is 314 g/mol. The number of ether oxygens (including phenoxy) is 1. The number of benzene rings is 1. The van der Waals surface area contributed by atoms with Gasteiger partial charge in [0.1, 0.15) is 5.60 Å². The normalized spacial score (nSPS) is 20.3. The Morgan fingerprint density at radius 2 is 2.26 bits per heavy atom. The van der Waals surface area contributed by atoms with Gasteiger partial charge in [0, 0.05) is 36.7 Å². The fourth-order valence-corrected chi connectivity index (χ4v) is 3.07. The van der Waals surface area contributed by atoms with Crippen molar-refractivity contribution in [2.75, 3.05) is 19.6 Å². The summed E-state index contributed by atoms with van der Waals surface area (Å²) >= 11 is 6.08. The molecule has 3 N–H and O–H groups in total. The Bertz CT molecular complexity index is 545. The van der Waals surface area contributed by atoms with Gasteiger partial charge < -0.3 is 15.8 Å². The zero-order valence-corrected chi connectivity index (χ0v) is 14.8. The predicted octanol–water partition coefficient (Wildman–Crippen LogP) is 2.94. The molecule has 1 heterocycles. The second-order valence-electron chi connectivity index (χ2n) is 6.93. The van der Waals surface area contributed by atoms with Gasteiger partial charge in [-0.3, -0.25) is 4.90 Å². The van der Waals surface area contributed by atoms with E-state index in [-0.39, 0.29) is 18.2 Å². The summed E-state index contributed by atoms with van der Waals surface area (Å²) in [5.41, 5.74) is 6.59. The van der Waals surface area contributed by atoms with Crippen LogP contribution in [0.1, 0.15) is 38.8 Å². The average Bonchev–Trinajstić information content (AvgIpc) is 2.85. The summed E-state index contributed by atoms with van der Waals surface area (Å²) in [4.78, 5) is 14.2. The molecule has 0 aliphatic carbocycles. The highest BCUT2D eigenvalue weighted by atomic mass is 35.5. The van der Waals surface area contributed by atoms with Crippen LogP contribution in [0.5, 0.6) is 0 Å². The van der Waals surface area contributed by atoms with Gasteiger partial charge >= 0.3 is 6.09 Å². The van der Waals surface area contributed by atoms with Gasteiger partial charge in [0.15, 0.2) is 0 Å². The summed E-state index contributed by atoms with van der Waals surface area (Å²) < 4.78 is 5.31. The van der Waals surface area contributed by atoms with Crippen LogP contribution in [0.3, 0.4) is 0 Å². The SMILES string of the molecule is CC(C)(C)OC(=O)N[C@@H]1CCN([C@@H](CN)c2cccc(Cl)c2)C1. The number of nitrogens with zero attached hydrogens (tertiary/aromatic N) is 1. The maximum Gasteiger partial charge on any atom is 0.407 e. The number of halogens is 1. The highest BCUT2D eigenvalue weighted by Gasteiger charge is 2.30. The maximum absolute atomic E-state index is 11.9. The summed E-state index contributed by atoms with van der Waals surface area (Å²) in [7, 11) is 0. The largest absolute Gasteiger partial charge is 0.444 e. The zero-order chi connectivity index (χ0) is 17.0. The molecule has 0 spiro atoms. The standard InChI is InChI=1S/C17H26ClN3O2/c1-17(2,3)23-16(22)20-14-7-8-21(11-14)15(10-19)12-5-4-6-13(18)9-12/h4-6,9,14-15H,7-8,10-11,19H2,1-3H3,(H,20,22)/t14-,15+/m1/s1. The summed E-state index contributed by atoms with van der Waals surface area (Å²) in [6, 6.07) is 7.98. The molecule has 0 aromatic heterocycles. The summed E-state index contributed by atoms with van der Waals surface area (Å²) in [5, 5.41) is 3.65. The van der Waals surface area contributed by atoms with E-state index in [1.807, 2.05) is 45.0 Å². The van der Waals surface area contributed by atoms with Gasteiger partial charge in [-0.1, -0.05) is 23.7 Å². The number of hydrogen-bond donors (Lipinski definition) is 2. The lowest BCUT2D eigenvalue weighted by Crippen LogP contribution is -2.41. The molecule has 1 amide bonds. The Kier molecular flexibility index (Phi) is 5.89. The lowest BCUT2D eigenvalue weighted by molar-refractivity contribution is 0.0504. The molecule has 2 rings (SSSR count). The maximum atomic E-state index is 11.9. The fourth-order valence-electron chi connectivity index (χ4n) is 2.87. The molecule has 0 radical (unpaired) electrons. The van der Waals surface area contributed by atoms with Crippen LogP contribution in [0, 0.1) is 0 Å². The van der Waals surface area contributed by atoms with Crippen LogP contribution in [0.4, 0.5) is 4.79 Å². The first-order valence-corrected chi connectivity index (χ1v) is 8.35. The van der Waals surface area contributed by atoms with E-state index in [4.69, 9.17) is 22.1 Å². The number of carbonyl (C=O) groups is 1. The van der Waals surface area contributed by atoms with Crippen molar-refractivity contribution in [2.45, 2.75) is 44.9 Å². The van der Waals surface area contributed by atoms with Crippen LogP contribution < -0.4 is 11.1 Å². The van der Waals surface area contributed by atoms with Crippen LogP contribution in [-0.2, 0) is 4.74 Å². The molecular formula is C17H26ClN3O2. The molecule has 5 nitrogen and oxygen atoms in total. The molecule has 2 atom stereocenters. The molecule has 128 valence electrons. The number of carbonyl (C=O) groups excluding carboxylic acids is 1. The number of hydrogen-bond acceptors (Lipinski definition) is 4. The number of alkyl carbamates (subject to hydrolysis) is 1. The molecule has 0 bridgehead atoms. The summed E-state index contributed by atoms with van der Waals surface area (Å²) in [6.45, 7) is 7.73. The fraction of sp³-hybridized carbons (Fsp3) is 0.588. The average molecular weight is 340 g/mol. The van der Waals surface area contributed by atoms with Crippen molar-refractivity contribution in [3.63, 3.8) is 0 Å². The first kappa shape index (κ1) is 18.0. The van der Waals surface area contributed by atoms with E-state index in [0.29, 0.717) is 11.6 Å². The van der Waals surface area contributed by atoms with Gasteiger partial charge in [0.25, 0.3) is 0 Å². The van der Waals surface area contributed by atoms with Crippen molar-refractivity contribution in [2.24, 2.45) is 5.73 Å². The molecule has 1 aliphatic rings. The minimum atomic E-state index is -0.483. The van der Waals surface area contributed by atoms with E-state index in [0.717, 1.165) is 25.1 Å². The number of amides is 1. The monoisotopic (exact) mass is 339 g/mol. The second-order valence-corrected chi connectivity index (χ2v) is 7.37. The smallest absolute Gasteiger partial charge is 0.407 e. The Morgan fingerprint density at radius 1 is 1.52 bits per heavy atom. The van der Waals surface area contributed by atoms with Crippen molar-refractivity contribution in [3.8, 4) is 0 Å². The Labute approximate surface area is 143 Å². The van der Waals surface area contributed by atoms with Gasteiger partial charge in [-0.15, -0.1) is 0 Å². The van der Waals surface area contributed by atoms with Crippen LogP contribution >= 0.6 is 11.6 Å². The van der Waals surface area contributed by atoms with Crippen LogP contribution in [0.2, 0.25) is 5.02 Å². The summed E-state index contributed by atoms with van der Waals surface area (Å²) in [5.74, 6) is 0. The Hall–Kier alpha value is -1.30. The molecule has 0 saturated carbocycles. The van der Waals surface area contributed by atoms with Crippen LogP contribution in [0.25, 0.3) is 0 Å². The predicted molar refractivity (Wildman–Crippen MR) is 92.6 cm³/mol. The third kappa shape index (κ3) is 5.37. The van der Waals surface area contributed by atoms with E-state index in [2.05, 4.69) is 10.2 Å². The van der Waals surface area contributed by atoms with Crippen molar-refractivity contribution in [1.82, 2.24) is 10.2 Å². The number of nitrogens with one attached hydrogen (secondary N) is 1. The topological polar surface area (TPSA) is 67.6 Å². The van der Waals surface area contributed by atoms with Crippen molar-refractivity contribution >= 4 is 17.7 Å². The first-order valence-electron chi connectivity index (χ1n) is 7.97. The third-order valence-electron chi connectivity index (χ3n) is 3.84. The van der Waals surface area contributed by atoms with Crippen molar-refractivity contribution < 1.29 is 9.53 Å². The lowest BCUT2D eigenvalue weighted by atomic mass is 10.1. The minimum absolute atomic E-state index is 0.0816. The quantitative estimate of drug-likeness (QED) is 0.885. The van der Waals surface area contributed by atoms with Crippen LogP contribution in [-0.4, -0.2) is 42.3 Å². The number of rotatable bonds is 4. The molecule has 1 fully saturated rings. The van der Waals surface area contributed by atoms with Crippen molar-refractivity contribution in [1.29, 1.82) is 0 Å². The number of nitrogens with two attached hydrogens (primary N) is 1. The number of likely N-dealkylation sites (tertiary alicyclic amines) is 1. The molecule has 0 unspecified atom stereocenters. The summed E-state index contributed by atoms with van der Waals surface area (Å²) in [6.07, 6.45) is 0.521. The van der Waals surface area contributed by atoms with Crippen molar-refractivity contribution in [3.05, 3.63) is 34.9 Å². The molecule has 1 aromatic carbocycles. The highest BCUT2D eigenvalue weighted by molar-refractivity contribution is 6.30. The van der Waals surface area contributed by atoms with Gasteiger partial charge in [0.05, 0.1) is 0 Å². The van der Waals surface area contributed by atoms with E-state index in [9.17, 15) is 4.79 Å². The minimum Gasteiger partial charge on any atom is -0.444 e. The van der Waals surface area contributed by atoms with Gasteiger partial charge in [-0.2, -0.15) is 0 Å². The Morgan fingerprint density at radius 3 is 2.87 bits per heavy atom. The van der Waals surface area contributed by atoms with Gasteiger partial charge in [-0.25, -0.2) is 4.79 Å². The molecule has 1 aliphatic heterocycles. The van der Waals surface area contributed by atoms with E-state index in [1.165, 1.54) is 0 Å². The highest BCUT2D eigenvalue weighted by Crippen LogP contribution is 2.26. The Balaban J connectivity index is 1.94. The third-order valence-corrected chi connectivity index (χ3v) is 4.07. The lowest BCUT2D eigenvalue weighted by Gasteiger charge is -2.27. The second kappa shape index (κ2) is 7.51. The molecule has 23 heavy (non-hydrogen) atoms. The van der Waals surface area contributed by atoms with Gasteiger partial charge in [0.2, 0.25) is 0 Å². The zero-order valence-electron chi connectivity index (χ0n) is 14.0. The molecule has 6 heteroatoms. The van der Waals surface area contributed by atoms with Crippen LogP contribution in [0.15, 0.2) is 24.3 Å². The van der Waals surface area contributed by atoms with E-state index in [1.54, 1.807) is 0 Å². The first-order chi connectivity index (χ1) is 10.8. The molecule has 1 aromatic rings. The van der Waals surface area contributed by atoms with E-state index >= 15 is 0 Å². The van der Waals surface area contributed by atoms with E-state index < -0.39 is 5.60 Å². The molecule has 1 saturated heterocycles.